The zero-order chi connectivity index (χ0) is 17.6. The number of ether oxygens (including phenoxy) is 2. The summed E-state index contributed by atoms with van der Waals surface area (Å²) in [5.41, 5.74) is 2.60. The Kier molecular flexibility index (Phi) is 6.07. The summed E-state index contributed by atoms with van der Waals surface area (Å²) in [5, 5.41) is 7.14. The van der Waals surface area contributed by atoms with Crippen molar-refractivity contribution in [2.45, 2.75) is 45.4 Å². The molecule has 0 saturated carbocycles. The molecule has 1 saturated heterocycles. The summed E-state index contributed by atoms with van der Waals surface area (Å²) in [6.45, 7) is 4.67. The van der Waals surface area contributed by atoms with Gasteiger partial charge in [0, 0.05) is 11.3 Å². The first kappa shape index (κ1) is 17.9. The first-order valence-electron chi connectivity index (χ1n) is 9.28. The van der Waals surface area contributed by atoms with Gasteiger partial charge in [-0.1, -0.05) is 0 Å². The average Bonchev–Trinajstić information content (AvgIpc) is 3.05. The number of esters is 2. The smallest absolute Gasteiger partial charge is 0.359 e. The lowest BCUT2D eigenvalue weighted by molar-refractivity contribution is -0.144. The third-order valence-corrected chi connectivity index (χ3v) is 5.07. The third kappa shape index (κ3) is 4.60. The summed E-state index contributed by atoms with van der Waals surface area (Å²) in [7, 11) is 0. The average molecular weight is 349 g/mol. The van der Waals surface area contributed by atoms with E-state index in [1.807, 2.05) is 6.92 Å². The van der Waals surface area contributed by atoms with E-state index < -0.39 is 0 Å². The summed E-state index contributed by atoms with van der Waals surface area (Å²) >= 11 is 0. The van der Waals surface area contributed by atoms with Crippen molar-refractivity contribution in [2.75, 3.05) is 32.8 Å². The van der Waals surface area contributed by atoms with E-state index in [4.69, 9.17) is 9.47 Å². The molecule has 0 aromatic carbocycles. The van der Waals surface area contributed by atoms with Gasteiger partial charge in [0.05, 0.1) is 19.8 Å². The van der Waals surface area contributed by atoms with Crippen LogP contribution in [-0.4, -0.2) is 59.9 Å². The third-order valence-electron chi connectivity index (χ3n) is 5.07. The van der Waals surface area contributed by atoms with Crippen LogP contribution in [0.4, 0.5) is 0 Å². The minimum atomic E-state index is -0.312. The number of carbonyl (C=O) groups is 2. The van der Waals surface area contributed by atoms with Crippen molar-refractivity contribution in [3.05, 3.63) is 17.0 Å². The van der Waals surface area contributed by atoms with E-state index in [1.165, 1.54) is 0 Å². The van der Waals surface area contributed by atoms with Gasteiger partial charge in [0.15, 0.2) is 5.69 Å². The second-order valence-electron chi connectivity index (χ2n) is 6.86. The molecule has 3 rings (SSSR count). The predicted molar refractivity (Wildman–Crippen MR) is 91.3 cm³/mol. The van der Waals surface area contributed by atoms with Crippen LogP contribution in [-0.2, 0) is 27.1 Å². The van der Waals surface area contributed by atoms with E-state index in [9.17, 15) is 9.59 Å². The van der Waals surface area contributed by atoms with E-state index in [1.54, 1.807) is 0 Å². The van der Waals surface area contributed by atoms with Crippen molar-refractivity contribution in [3.8, 4) is 0 Å². The first-order valence-corrected chi connectivity index (χ1v) is 9.28. The van der Waals surface area contributed by atoms with Gasteiger partial charge in [-0.3, -0.25) is 14.8 Å². The molecule has 7 heteroatoms. The van der Waals surface area contributed by atoms with Crippen molar-refractivity contribution in [3.63, 3.8) is 0 Å². The molecule has 1 aromatic heterocycles. The number of rotatable bonds is 6. The first-order chi connectivity index (χ1) is 12.2. The van der Waals surface area contributed by atoms with E-state index in [-0.39, 0.29) is 11.9 Å². The molecular weight excluding hydrogens is 322 g/mol. The van der Waals surface area contributed by atoms with E-state index in [0.717, 1.165) is 62.9 Å². The molecule has 1 N–H and O–H groups in total. The summed E-state index contributed by atoms with van der Waals surface area (Å²) in [4.78, 5) is 25.9. The monoisotopic (exact) mass is 349 g/mol. The molecule has 138 valence electrons. The normalized spacial score (nSPS) is 18.6. The quantitative estimate of drug-likeness (QED) is 0.787. The molecule has 0 unspecified atom stereocenters. The van der Waals surface area contributed by atoms with Crippen molar-refractivity contribution in [1.29, 1.82) is 0 Å². The summed E-state index contributed by atoms with van der Waals surface area (Å²) in [6.07, 6.45) is 5.97. The number of H-pyrrole nitrogens is 1. The van der Waals surface area contributed by atoms with Crippen LogP contribution in [0.2, 0.25) is 0 Å². The lowest BCUT2D eigenvalue weighted by Gasteiger charge is -2.30. The fraction of sp³-hybridized carbons (Fsp3) is 0.722. The van der Waals surface area contributed by atoms with Gasteiger partial charge in [0.2, 0.25) is 0 Å². The van der Waals surface area contributed by atoms with Gasteiger partial charge in [-0.15, -0.1) is 0 Å². The highest BCUT2D eigenvalue weighted by Crippen LogP contribution is 2.23. The topological polar surface area (TPSA) is 84.5 Å². The maximum absolute atomic E-state index is 12.3. The largest absolute Gasteiger partial charge is 0.465 e. The number of aryl methyl sites for hydroxylation is 1. The van der Waals surface area contributed by atoms with Gasteiger partial charge in [0.25, 0.3) is 0 Å². The Morgan fingerprint density at radius 1 is 1.20 bits per heavy atom. The molecule has 0 radical (unpaired) electrons. The number of hydrogen-bond donors (Lipinski definition) is 1. The Bertz CT molecular complexity index is 605. The second-order valence-corrected chi connectivity index (χ2v) is 6.86. The Morgan fingerprint density at radius 2 is 1.96 bits per heavy atom. The number of likely N-dealkylation sites (tertiary alicyclic amines) is 1. The molecule has 1 aliphatic carbocycles. The molecule has 1 aliphatic heterocycles. The van der Waals surface area contributed by atoms with Crippen molar-refractivity contribution in [1.82, 2.24) is 15.1 Å². The van der Waals surface area contributed by atoms with Gasteiger partial charge < -0.3 is 9.47 Å². The zero-order valence-electron chi connectivity index (χ0n) is 14.9. The maximum atomic E-state index is 12.3. The van der Waals surface area contributed by atoms with Gasteiger partial charge in [-0.05, 0) is 64.5 Å². The van der Waals surface area contributed by atoms with Crippen LogP contribution in [0.1, 0.15) is 54.4 Å². The van der Waals surface area contributed by atoms with Crippen molar-refractivity contribution in [2.24, 2.45) is 5.92 Å². The van der Waals surface area contributed by atoms with Gasteiger partial charge in [0.1, 0.15) is 0 Å². The molecule has 0 atom stereocenters. The zero-order valence-corrected chi connectivity index (χ0v) is 14.9. The van der Waals surface area contributed by atoms with Crippen LogP contribution >= 0.6 is 0 Å². The fourth-order valence-corrected chi connectivity index (χ4v) is 3.61. The SMILES string of the molecule is CCOC(=O)CN1CCC(COC(=O)c2n[nH]c3c2CCCC3)CC1. The number of nitrogens with zero attached hydrogens (tertiary/aromatic N) is 2. The van der Waals surface area contributed by atoms with Crippen LogP contribution in [0.5, 0.6) is 0 Å². The Morgan fingerprint density at radius 3 is 2.72 bits per heavy atom. The highest BCUT2D eigenvalue weighted by atomic mass is 16.5. The van der Waals surface area contributed by atoms with Crippen LogP contribution in [0.25, 0.3) is 0 Å². The summed E-state index contributed by atoms with van der Waals surface area (Å²) < 4.78 is 10.5. The summed E-state index contributed by atoms with van der Waals surface area (Å²) in [6, 6.07) is 0. The number of piperidine rings is 1. The molecule has 0 spiro atoms. The fourth-order valence-electron chi connectivity index (χ4n) is 3.61. The molecule has 2 heterocycles. The van der Waals surface area contributed by atoms with Crippen LogP contribution in [0.3, 0.4) is 0 Å². The maximum Gasteiger partial charge on any atom is 0.359 e. The van der Waals surface area contributed by atoms with Crippen molar-refractivity contribution >= 4 is 11.9 Å². The minimum absolute atomic E-state index is 0.171. The predicted octanol–water partition coefficient (Wildman–Crippen LogP) is 1.72. The molecule has 1 fully saturated rings. The second kappa shape index (κ2) is 8.47. The lowest BCUT2D eigenvalue weighted by Crippen LogP contribution is -2.39. The minimum Gasteiger partial charge on any atom is -0.465 e. The van der Waals surface area contributed by atoms with E-state index in [0.29, 0.717) is 31.4 Å². The van der Waals surface area contributed by atoms with Crippen LogP contribution in [0.15, 0.2) is 0 Å². The number of hydrogen-bond acceptors (Lipinski definition) is 6. The highest BCUT2D eigenvalue weighted by Gasteiger charge is 2.25. The Labute approximate surface area is 148 Å². The standard InChI is InChI=1S/C18H27N3O4/c1-2-24-16(22)11-21-9-7-13(8-10-21)12-25-18(23)17-14-5-3-4-6-15(14)19-20-17/h13H,2-12H2,1H3,(H,19,20). The van der Waals surface area contributed by atoms with Gasteiger partial charge in [-0.2, -0.15) is 5.10 Å². The number of aromatic nitrogens is 2. The summed E-state index contributed by atoms with van der Waals surface area (Å²) in [5.74, 6) is -0.138. The highest BCUT2D eigenvalue weighted by molar-refractivity contribution is 5.89. The molecule has 1 aromatic rings. The Hall–Kier alpha value is -1.89. The van der Waals surface area contributed by atoms with Gasteiger partial charge in [-0.25, -0.2) is 4.79 Å². The molecule has 0 amide bonds. The molecule has 0 bridgehead atoms. The van der Waals surface area contributed by atoms with Crippen LogP contribution in [0, 0.1) is 5.92 Å². The van der Waals surface area contributed by atoms with Crippen LogP contribution < -0.4 is 0 Å². The molecule has 25 heavy (non-hydrogen) atoms. The van der Waals surface area contributed by atoms with Gasteiger partial charge >= 0.3 is 11.9 Å². The molecular formula is C18H27N3O4. The molecule has 2 aliphatic rings. The van der Waals surface area contributed by atoms with E-state index in [2.05, 4.69) is 15.1 Å². The Balaban J connectivity index is 1.42. The lowest BCUT2D eigenvalue weighted by atomic mass is 9.96. The number of carbonyl (C=O) groups excluding carboxylic acids is 2. The number of fused-ring (bicyclic) bond motifs is 1. The number of aromatic amines is 1. The molecule has 7 nitrogen and oxygen atoms in total. The van der Waals surface area contributed by atoms with Crippen molar-refractivity contribution < 1.29 is 19.1 Å². The van der Waals surface area contributed by atoms with E-state index >= 15 is 0 Å². The number of nitrogens with one attached hydrogen (secondary N) is 1.